The van der Waals surface area contributed by atoms with Crippen molar-refractivity contribution in [1.29, 1.82) is 0 Å². The lowest BCUT2D eigenvalue weighted by Crippen LogP contribution is -2.37. The minimum Gasteiger partial charge on any atom is -0.379 e. The molecule has 0 aromatic rings. The number of isocyanates is 1. The van der Waals surface area contributed by atoms with Gasteiger partial charge in [-0.15, -0.1) is 0 Å². The molecule has 0 unspecified atom stereocenters. The van der Waals surface area contributed by atoms with Gasteiger partial charge in [-0.3, -0.25) is 4.90 Å². The summed E-state index contributed by atoms with van der Waals surface area (Å²) in [5.41, 5.74) is 0. The highest BCUT2D eigenvalue weighted by molar-refractivity contribution is 5.32. The number of aliphatic imine (C=N–C) groups is 1. The molecule has 0 saturated carbocycles. The average molecular weight is 170 g/mol. The molecule has 0 N–H and O–H groups in total. The maximum Gasteiger partial charge on any atom is 0.234 e. The lowest BCUT2D eigenvalue weighted by Gasteiger charge is -2.25. The van der Waals surface area contributed by atoms with Gasteiger partial charge in [0, 0.05) is 19.6 Å². The van der Waals surface area contributed by atoms with Gasteiger partial charge in [0.1, 0.15) is 0 Å². The molecule has 0 aromatic heterocycles. The summed E-state index contributed by atoms with van der Waals surface area (Å²) >= 11 is 0. The molecule has 0 atom stereocenters. The van der Waals surface area contributed by atoms with E-state index in [1.807, 2.05) is 0 Å². The second-order valence-corrected chi connectivity index (χ2v) is 2.78. The molecule has 68 valence electrons. The lowest BCUT2D eigenvalue weighted by atomic mass is 10.3. The third-order valence-electron chi connectivity index (χ3n) is 1.91. The largest absolute Gasteiger partial charge is 0.379 e. The average Bonchev–Trinajstić information content (AvgIpc) is 2.14. The van der Waals surface area contributed by atoms with Crippen LogP contribution in [0.3, 0.4) is 0 Å². The van der Waals surface area contributed by atoms with E-state index < -0.39 is 0 Å². The zero-order valence-corrected chi connectivity index (χ0v) is 7.16. The van der Waals surface area contributed by atoms with E-state index in [0.29, 0.717) is 6.54 Å². The van der Waals surface area contributed by atoms with Gasteiger partial charge < -0.3 is 4.74 Å². The van der Waals surface area contributed by atoms with E-state index in [1.54, 1.807) is 0 Å². The molecule has 0 spiro atoms. The van der Waals surface area contributed by atoms with Crippen molar-refractivity contribution in [3.8, 4) is 0 Å². The highest BCUT2D eigenvalue weighted by atomic mass is 16.5. The van der Waals surface area contributed by atoms with Crippen LogP contribution in [0.2, 0.25) is 0 Å². The SMILES string of the molecule is O=C=NCCCN1CCOCC1. The van der Waals surface area contributed by atoms with Crippen LogP contribution in [0.4, 0.5) is 0 Å². The van der Waals surface area contributed by atoms with E-state index in [-0.39, 0.29) is 0 Å². The van der Waals surface area contributed by atoms with Gasteiger partial charge in [-0.25, -0.2) is 9.79 Å². The molecule has 4 nitrogen and oxygen atoms in total. The Morgan fingerprint density at radius 2 is 2.17 bits per heavy atom. The fraction of sp³-hybridized carbons (Fsp3) is 0.875. The number of hydrogen-bond acceptors (Lipinski definition) is 4. The van der Waals surface area contributed by atoms with E-state index in [4.69, 9.17) is 4.74 Å². The van der Waals surface area contributed by atoms with Crippen molar-refractivity contribution in [2.24, 2.45) is 4.99 Å². The molecule has 0 aromatic carbocycles. The second kappa shape index (κ2) is 5.89. The molecule has 1 saturated heterocycles. The fourth-order valence-electron chi connectivity index (χ4n) is 1.24. The Morgan fingerprint density at radius 3 is 2.83 bits per heavy atom. The molecular weight excluding hydrogens is 156 g/mol. The maximum atomic E-state index is 9.73. The van der Waals surface area contributed by atoms with Gasteiger partial charge in [-0.2, -0.15) is 0 Å². The number of ether oxygens (including phenoxy) is 1. The minimum atomic E-state index is 0.598. The molecule has 0 bridgehead atoms. The minimum absolute atomic E-state index is 0.598. The first-order valence-electron chi connectivity index (χ1n) is 4.27. The number of carbonyl (C=O) groups excluding carboxylic acids is 1. The summed E-state index contributed by atoms with van der Waals surface area (Å²) in [6.07, 6.45) is 2.48. The van der Waals surface area contributed by atoms with Crippen LogP contribution in [0, 0.1) is 0 Å². The molecule has 12 heavy (non-hydrogen) atoms. The van der Waals surface area contributed by atoms with Gasteiger partial charge in [0.15, 0.2) is 0 Å². The van der Waals surface area contributed by atoms with Crippen LogP contribution in [0.1, 0.15) is 6.42 Å². The number of hydrogen-bond donors (Lipinski definition) is 0. The lowest BCUT2D eigenvalue weighted by molar-refractivity contribution is 0.0377. The van der Waals surface area contributed by atoms with Crippen molar-refractivity contribution >= 4 is 6.08 Å². The van der Waals surface area contributed by atoms with Gasteiger partial charge in [0.25, 0.3) is 0 Å². The van der Waals surface area contributed by atoms with Crippen molar-refractivity contribution in [2.45, 2.75) is 6.42 Å². The van der Waals surface area contributed by atoms with Gasteiger partial charge in [-0.05, 0) is 6.42 Å². The van der Waals surface area contributed by atoms with E-state index in [1.165, 1.54) is 6.08 Å². The molecule has 1 aliphatic heterocycles. The standard InChI is InChI=1S/C8H14N2O2/c11-8-9-2-1-3-10-4-6-12-7-5-10/h1-7H2. The molecule has 0 amide bonds. The first kappa shape index (κ1) is 9.39. The van der Waals surface area contributed by atoms with Crippen molar-refractivity contribution in [2.75, 3.05) is 39.4 Å². The first-order chi connectivity index (χ1) is 5.93. The summed E-state index contributed by atoms with van der Waals surface area (Å²) in [6.45, 7) is 5.28. The second-order valence-electron chi connectivity index (χ2n) is 2.78. The van der Waals surface area contributed by atoms with Crippen molar-refractivity contribution in [3.63, 3.8) is 0 Å². The Bertz CT molecular complexity index is 160. The number of morpholine rings is 1. The fourth-order valence-corrected chi connectivity index (χ4v) is 1.24. The Balaban J connectivity index is 2.01. The predicted octanol–water partition coefficient (Wildman–Crippen LogP) is 0.0445. The van der Waals surface area contributed by atoms with Crippen LogP contribution >= 0.6 is 0 Å². The topological polar surface area (TPSA) is 41.9 Å². The molecule has 1 heterocycles. The van der Waals surface area contributed by atoms with Crippen molar-refractivity contribution < 1.29 is 9.53 Å². The highest BCUT2D eigenvalue weighted by Gasteiger charge is 2.08. The Kier molecular flexibility index (Phi) is 4.61. The van der Waals surface area contributed by atoms with Gasteiger partial charge in [-0.1, -0.05) is 0 Å². The number of rotatable bonds is 4. The Morgan fingerprint density at radius 1 is 1.42 bits per heavy atom. The zero-order chi connectivity index (χ0) is 8.65. The van der Waals surface area contributed by atoms with Gasteiger partial charge in [0.05, 0.1) is 19.8 Å². The maximum absolute atomic E-state index is 9.73. The summed E-state index contributed by atoms with van der Waals surface area (Å²) < 4.78 is 5.20. The van der Waals surface area contributed by atoms with E-state index >= 15 is 0 Å². The molecule has 4 heteroatoms. The van der Waals surface area contributed by atoms with Crippen LogP contribution < -0.4 is 0 Å². The van der Waals surface area contributed by atoms with E-state index in [2.05, 4.69) is 9.89 Å². The highest BCUT2D eigenvalue weighted by Crippen LogP contribution is 1.97. The monoisotopic (exact) mass is 170 g/mol. The molecule has 1 aliphatic rings. The Hall–Kier alpha value is -0.700. The first-order valence-corrected chi connectivity index (χ1v) is 4.27. The number of nitrogens with zero attached hydrogens (tertiary/aromatic N) is 2. The van der Waals surface area contributed by atoms with Crippen LogP contribution in [0.5, 0.6) is 0 Å². The molecule has 0 aliphatic carbocycles. The predicted molar refractivity (Wildman–Crippen MR) is 44.9 cm³/mol. The van der Waals surface area contributed by atoms with Gasteiger partial charge in [0.2, 0.25) is 6.08 Å². The van der Waals surface area contributed by atoms with Gasteiger partial charge >= 0.3 is 0 Å². The summed E-state index contributed by atoms with van der Waals surface area (Å²) in [5, 5.41) is 0. The smallest absolute Gasteiger partial charge is 0.234 e. The van der Waals surface area contributed by atoms with Crippen LogP contribution in [0.15, 0.2) is 4.99 Å². The zero-order valence-electron chi connectivity index (χ0n) is 7.16. The van der Waals surface area contributed by atoms with Crippen LogP contribution in [-0.2, 0) is 9.53 Å². The molecule has 0 radical (unpaired) electrons. The van der Waals surface area contributed by atoms with Crippen molar-refractivity contribution in [3.05, 3.63) is 0 Å². The van der Waals surface area contributed by atoms with Crippen LogP contribution in [-0.4, -0.2) is 50.4 Å². The summed E-state index contributed by atoms with van der Waals surface area (Å²) in [5.74, 6) is 0. The summed E-state index contributed by atoms with van der Waals surface area (Å²) in [6, 6.07) is 0. The van der Waals surface area contributed by atoms with E-state index in [0.717, 1.165) is 39.3 Å². The van der Waals surface area contributed by atoms with Crippen LogP contribution in [0.25, 0.3) is 0 Å². The Labute approximate surface area is 72.2 Å². The molecule has 1 rings (SSSR count). The third kappa shape index (κ3) is 3.62. The molecular formula is C8H14N2O2. The quantitative estimate of drug-likeness (QED) is 0.340. The third-order valence-corrected chi connectivity index (χ3v) is 1.91. The van der Waals surface area contributed by atoms with E-state index in [9.17, 15) is 4.79 Å². The normalized spacial score (nSPS) is 18.7. The summed E-state index contributed by atoms with van der Waals surface area (Å²) in [4.78, 5) is 15.5. The molecule has 1 fully saturated rings. The van der Waals surface area contributed by atoms with Crippen molar-refractivity contribution in [1.82, 2.24) is 4.90 Å². The summed E-state index contributed by atoms with van der Waals surface area (Å²) in [7, 11) is 0.